The van der Waals surface area contributed by atoms with Crippen molar-refractivity contribution in [1.29, 1.82) is 0 Å². The molecule has 0 aliphatic carbocycles. The quantitative estimate of drug-likeness (QED) is 0.668. The van der Waals surface area contributed by atoms with Gasteiger partial charge in [0, 0.05) is 28.8 Å². The third kappa shape index (κ3) is 2.92. The van der Waals surface area contributed by atoms with E-state index in [1.807, 2.05) is 24.0 Å². The van der Waals surface area contributed by atoms with Crippen LogP contribution in [0.5, 0.6) is 5.88 Å². The number of nitrogens with zero attached hydrogens (tertiary/aromatic N) is 1. The maximum atomic E-state index is 5.18. The Morgan fingerprint density at radius 3 is 2.58 bits per heavy atom. The van der Waals surface area contributed by atoms with E-state index < -0.39 is 0 Å². The molecule has 1 aromatic heterocycles. The molecule has 0 saturated heterocycles. The van der Waals surface area contributed by atoms with Crippen molar-refractivity contribution in [2.75, 3.05) is 7.11 Å². The van der Waals surface area contributed by atoms with Crippen LogP contribution < -0.4 is 4.74 Å². The van der Waals surface area contributed by atoms with Crippen molar-refractivity contribution in [2.24, 2.45) is 0 Å². The monoisotopic (exact) mass is 333 g/mol. The number of thioether (sulfide) groups is 1. The third-order valence-electron chi connectivity index (χ3n) is 4.55. The van der Waals surface area contributed by atoms with E-state index >= 15 is 0 Å². The van der Waals surface area contributed by atoms with Gasteiger partial charge in [-0.2, -0.15) is 0 Å². The molecular weight excluding hydrogens is 314 g/mol. The first kappa shape index (κ1) is 15.3. The van der Waals surface area contributed by atoms with Crippen LogP contribution in [0.2, 0.25) is 0 Å². The normalized spacial score (nSPS) is 16.0. The highest BCUT2D eigenvalue weighted by atomic mass is 32.2. The van der Waals surface area contributed by atoms with Crippen LogP contribution in [0.15, 0.2) is 71.8 Å². The Kier molecular flexibility index (Phi) is 4.26. The van der Waals surface area contributed by atoms with Gasteiger partial charge >= 0.3 is 0 Å². The van der Waals surface area contributed by atoms with E-state index in [1.54, 1.807) is 7.11 Å². The van der Waals surface area contributed by atoms with Crippen molar-refractivity contribution in [2.45, 2.75) is 23.0 Å². The second kappa shape index (κ2) is 6.70. The lowest BCUT2D eigenvalue weighted by Crippen LogP contribution is -2.07. The summed E-state index contributed by atoms with van der Waals surface area (Å²) in [6, 6.07) is 21.7. The summed E-state index contributed by atoms with van der Waals surface area (Å²) in [6.45, 7) is 0. The molecule has 1 aliphatic heterocycles. The lowest BCUT2D eigenvalue weighted by atomic mass is 9.84. The summed E-state index contributed by atoms with van der Waals surface area (Å²) < 4.78 is 5.18. The van der Waals surface area contributed by atoms with Crippen molar-refractivity contribution in [1.82, 2.24) is 4.98 Å². The van der Waals surface area contributed by atoms with Gasteiger partial charge in [0.05, 0.1) is 7.11 Å². The zero-order valence-electron chi connectivity index (χ0n) is 13.6. The van der Waals surface area contributed by atoms with Gasteiger partial charge in [0.15, 0.2) is 0 Å². The van der Waals surface area contributed by atoms with Crippen LogP contribution in [-0.4, -0.2) is 12.1 Å². The summed E-state index contributed by atoms with van der Waals surface area (Å²) in [6.07, 6.45) is 2.88. The minimum absolute atomic E-state index is 0.364. The van der Waals surface area contributed by atoms with E-state index in [0.717, 1.165) is 12.2 Å². The largest absolute Gasteiger partial charge is 0.481 e. The van der Waals surface area contributed by atoms with E-state index in [1.165, 1.54) is 27.1 Å². The Morgan fingerprint density at radius 2 is 1.79 bits per heavy atom. The predicted molar refractivity (Wildman–Crippen MR) is 98.8 cm³/mol. The minimum Gasteiger partial charge on any atom is -0.481 e. The number of hydrogen-bond acceptors (Lipinski definition) is 3. The maximum Gasteiger partial charge on any atom is 0.212 e. The predicted octanol–water partition coefficient (Wildman–Crippen LogP) is 5.07. The van der Waals surface area contributed by atoms with E-state index in [2.05, 4.69) is 59.6 Å². The highest BCUT2D eigenvalue weighted by molar-refractivity contribution is 7.98. The van der Waals surface area contributed by atoms with Gasteiger partial charge in [-0.05, 0) is 34.7 Å². The van der Waals surface area contributed by atoms with Crippen LogP contribution in [0.3, 0.4) is 0 Å². The van der Waals surface area contributed by atoms with Crippen LogP contribution in [-0.2, 0) is 12.2 Å². The summed E-state index contributed by atoms with van der Waals surface area (Å²) in [7, 11) is 1.65. The van der Waals surface area contributed by atoms with Crippen molar-refractivity contribution in [3.63, 3.8) is 0 Å². The number of ether oxygens (including phenoxy) is 1. The fraction of sp³-hybridized carbons (Fsp3) is 0.190. The first-order valence-electron chi connectivity index (χ1n) is 8.13. The molecule has 3 aromatic rings. The number of hydrogen-bond donors (Lipinski definition) is 0. The molecule has 2 aromatic carbocycles. The van der Waals surface area contributed by atoms with Gasteiger partial charge in [-0.3, -0.25) is 0 Å². The molecule has 0 bridgehead atoms. The molecule has 1 aliphatic rings. The van der Waals surface area contributed by atoms with Gasteiger partial charge in [-0.15, -0.1) is 11.8 Å². The van der Waals surface area contributed by atoms with Crippen LogP contribution in [0.1, 0.15) is 28.2 Å². The van der Waals surface area contributed by atoms with Gasteiger partial charge in [-0.25, -0.2) is 4.98 Å². The zero-order chi connectivity index (χ0) is 16.4. The molecule has 0 spiro atoms. The molecule has 0 amide bonds. The van der Waals surface area contributed by atoms with Gasteiger partial charge in [0.2, 0.25) is 5.88 Å². The number of benzene rings is 2. The average Bonchev–Trinajstić information content (AvgIpc) is 2.80. The summed E-state index contributed by atoms with van der Waals surface area (Å²) in [4.78, 5) is 5.76. The fourth-order valence-corrected chi connectivity index (χ4v) is 4.46. The fourth-order valence-electron chi connectivity index (χ4n) is 3.34. The number of rotatable bonds is 3. The minimum atomic E-state index is 0.364. The molecule has 0 saturated carbocycles. The Labute approximate surface area is 146 Å². The van der Waals surface area contributed by atoms with Crippen LogP contribution in [0.4, 0.5) is 0 Å². The van der Waals surface area contributed by atoms with E-state index in [-0.39, 0.29) is 0 Å². The second-order valence-electron chi connectivity index (χ2n) is 5.99. The molecule has 1 unspecified atom stereocenters. The van der Waals surface area contributed by atoms with Gasteiger partial charge in [0.1, 0.15) is 0 Å². The van der Waals surface area contributed by atoms with E-state index in [4.69, 9.17) is 4.74 Å². The second-order valence-corrected chi connectivity index (χ2v) is 7.01. The highest BCUT2D eigenvalue weighted by Crippen LogP contribution is 2.41. The summed E-state index contributed by atoms with van der Waals surface area (Å²) in [5, 5.41) is 0. The average molecular weight is 333 g/mol. The van der Waals surface area contributed by atoms with Crippen molar-refractivity contribution in [3.8, 4) is 5.88 Å². The summed E-state index contributed by atoms with van der Waals surface area (Å²) in [5.41, 5.74) is 5.52. The zero-order valence-corrected chi connectivity index (χ0v) is 14.4. The molecule has 2 nitrogen and oxygen atoms in total. The van der Waals surface area contributed by atoms with Crippen molar-refractivity contribution >= 4 is 11.8 Å². The first-order chi connectivity index (χ1) is 11.8. The Morgan fingerprint density at radius 1 is 1.00 bits per heavy atom. The van der Waals surface area contributed by atoms with Gasteiger partial charge < -0.3 is 4.74 Å². The number of fused-ring (bicyclic) bond motifs is 2. The van der Waals surface area contributed by atoms with Crippen LogP contribution in [0.25, 0.3) is 0 Å². The highest BCUT2D eigenvalue weighted by Gasteiger charge is 2.23. The van der Waals surface area contributed by atoms with Crippen molar-refractivity contribution in [3.05, 3.63) is 89.1 Å². The molecule has 24 heavy (non-hydrogen) atoms. The molecule has 0 fully saturated rings. The van der Waals surface area contributed by atoms with Crippen LogP contribution in [0, 0.1) is 0 Å². The molecule has 0 radical (unpaired) electrons. The Bertz CT molecular complexity index is 797. The number of aromatic nitrogens is 1. The van der Waals surface area contributed by atoms with E-state index in [9.17, 15) is 0 Å². The number of pyridine rings is 1. The van der Waals surface area contributed by atoms with E-state index in [0.29, 0.717) is 11.8 Å². The molecule has 3 heteroatoms. The maximum absolute atomic E-state index is 5.18. The third-order valence-corrected chi connectivity index (χ3v) is 5.69. The lowest BCUT2D eigenvalue weighted by Gasteiger charge is -2.20. The Hall–Kier alpha value is -2.26. The standard InChI is InChI=1S/C21H19NOS/c1-23-21-11-10-15(13-22-21)12-19-17-7-3-2-6-16(17)14-24-20-9-5-4-8-18(19)20/h2-11,13,19H,12,14H2,1H3. The van der Waals surface area contributed by atoms with Gasteiger partial charge in [0.25, 0.3) is 0 Å². The van der Waals surface area contributed by atoms with Gasteiger partial charge in [-0.1, -0.05) is 48.5 Å². The molecule has 2 heterocycles. The molecule has 4 rings (SSSR count). The molecule has 1 atom stereocenters. The smallest absolute Gasteiger partial charge is 0.212 e. The number of methoxy groups -OCH3 is 1. The molecule has 0 N–H and O–H groups in total. The molecule has 120 valence electrons. The SMILES string of the molecule is COc1ccc(CC2c3ccccc3CSc3ccccc32)cn1. The van der Waals surface area contributed by atoms with Crippen molar-refractivity contribution < 1.29 is 4.74 Å². The molecular formula is C21H19NOS. The van der Waals surface area contributed by atoms with Crippen LogP contribution >= 0.6 is 11.8 Å². The lowest BCUT2D eigenvalue weighted by molar-refractivity contribution is 0.397. The summed E-state index contributed by atoms with van der Waals surface area (Å²) in [5.74, 6) is 2.06. The first-order valence-corrected chi connectivity index (χ1v) is 9.12. The summed E-state index contributed by atoms with van der Waals surface area (Å²) >= 11 is 1.94. The topological polar surface area (TPSA) is 22.1 Å². The Balaban J connectivity index is 1.77.